The van der Waals surface area contributed by atoms with Crippen LogP contribution >= 0.6 is 8.15 Å². The van der Waals surface area contributed by atoms with Gasteiger partial charge in [-0.3, -0.25) is 4.79 Å². The van der Waals surface area contributed by atoms with Gasteiger partial charge in [0.25, 0.3) is 0 Å². The lowest BCUT2D eigenvalue weighted by molar-refractivity contribution is -0.143. The number of carbonyl (C=O) groups is 1. The van der Waals surface area contributed by atoms with Crippen molar-refractivity contribution in [2.24, 2.45) is 5.92 Å². The van der Waals surface area contributed by atoms with Gasteiger partial charge in [-0.15, -0.1) is 0 Å². The van der Waals surface area contributed by atoms with Crippen molar-refractivity contribution in [3.63, 3.8) is 0 Å². The number of carboxylic acids is 1. The number of aliphatic carboxylic acids is 1. The monoisotopic (exact) mass is 232 g/mol. The summed E-state index contributed by atoms with van der Waals surface area (Å²) in [6.07, 6.45) is 1.45. The smallest absolute Gasteiger partial charge is 0.306 e. The molecule has 1 saturated heterocycles. The van der Waals surface area contributed by atoms with Gasteiger partial charge in [0.2, 0.25) is 0 Å². The Kier molecular flexibility index (Phi) is 3.47. The molecule has 0 aliphatic carbocycles. The standard InChI is InChI=1S/C11H21O3P/c1-10(2)6-8(9(12)13)7-11(3,4)15(10)14-5/h8H,6-7H2,1-5H3,(H,12,13). The number of rotatable bonds is 2. The maximum atomic E-state index is 11.1. The van der Waals surface area contributed by atoms with Crippen LogP contribution in [0, 0.1) is 5.92 Å². The summed E-state index contributed by atoms with van der Waals surface area (Å²) in [5, 5.41) is 9.12. The molecule has 0 amide bonds. The maximum absolute atomic E-state index is 11.1. The Labute approximate surface area is 93.0 Å². The van der Waals surface area contributed by atoms with Gasteiger partial charge >= 0.3 is 5.97 Å². The van der Waals surface area contributed by atoms with E-state index in [0.717, 1.165) is 12.8 Å². The van der Waals surface area contributed by atoms with E-state index in [9.17, 15) is 4.79 Å². The highest BCUT2D eigenvalue weighted by Crippen LogP contribution is 2.67. The molecule has 0 spiro atoms. The van der Waals surface area contributed by atoms with Crippen LogP contribution in [0.15, 0.2) is 0 Å². The minimum absolute atomic E-state index is 0.00507. The van der Waals surface area contributed by atoms with Gasteiger partial charge < -0.3 is 9.63 Å². The highest BCUT2D eigenvalue weighted by Gasteiger charge is 2.49. The molecule has 0 atom stereocenters. The minimum atomic E-state index is -0.665. The van der Waals surface area contributed by atoms with Gasteiger partial charge in [0.15, 0.2) is 0 Å². The molecule has 3 nitrogen and oxygen atoms in total. The van der Waals surface area contributed by atoms with E-state index in [1.54, 1.807) is 7.11 Å². The van der Waals surface area contributed by atoms with Crippen molar-refractivity contribution in [1.82, 2.24) is 0 Å². The first-order valence-corrected chi connectivity index (χ1v) is 6.54. The van der Waals surface area contributed by atoms with Crippen LogP contribution < -0.4 is 0 Å². The summed E-state index contributed by atoms with van der Waals surface area (Å²) in [6, 6.07) is 0. The second kappa shape index (κ2) is 4.03. The van der Waals surface area contributed by atoms with Crippen LogP contribution in [0.2, 0.25) is 0 Å². The van der Waals surface area contributed by atoms with Gasteiger partial charge in [-0.1, -0.05) is 27.7 Å². The van der Waals surface area contributed by atoms with E-state index in [4.69, 9.17) is 9.63 Å². The first-order valence-electron chi connectivity index (χ1n) is 5.28. The van der Waals surface area contributed by atoms with Crippen LogP contribution in [0.1, 0.15) is 40.5 Å². The van der Waals surface area contributed by atoms with Gasteiger partial charge in [0.05, 0.1) is 5.92 Å². The van der Waals surface area contributed by atoms with E-state index in [-0.39, 0.29) is 16.2 Å². The molecule has 4 heteroatoms. The van der Waals surface area contributed by atoms with Crippen LogP contribution in [-0.4, -0.2) is 28.5 Å². The Morgan fingerprint density at radius 3 is 1.93 bits per heavy atom. The lowest BCUT2D eigenvalue weighted by Crippen LogP contribution is -2.42. The predicted molar refractivity (Wildman–Crippen MR) is 62.4 cm³/mol. The second-order valence-corrected chi connectivity index (χ2v) is 8.92. The van der Waals surface area contributed by atoms with Gasteiger partial charge in [0, 0.05) is 25.6 Å². The molecule has 1 heterocycles. The molecule has 15 heavy (non-hydrogen) atoms. The fourth-order valence-corrected chi connectivity index (χ4v) is 6.33. The average Bonchev–Trinajstić information content (AvgIpc) is 1.99. The molecule has 1 aliphatic heterocycles. The molecule has 0 unspecified atom stereocenters. The molecular formula is C11H21O3P. The minimum Gasteiger partial charge on any atom is -0.481 e. The lowest BCUT2D eigenvalue weighted by Gasteiger charge is -2.49. The maximum Gasteiger partial charge on any atom is 0.306 e. The zero-order valence-corrected chi connectivity index (χ0v) is 11.1. The van der Waals surface area contributed by atoms with Crippen LogP contribution in [0.3, 0.4) is 0 Å². The van der Waals surface area contributed by atoms with Crippen molar-refractivity contribution >= 4 is 14.1 Å². The Hall–Kier alpha value is -0.140. The van der Waals surface area contributed by atoms with Crippen molar-refractivity contribution in [2.45, 2.75) is 50.8 Å². The molecule has 0 aromatic carbocycles. The van der Waals surface area contributed by atoms with Crippen LogP contribution in [0.4, 0.5) is 0 Å². The zero-order chi connectivity index (χ0) is 11.9. The lowest BCUT2D eigenvalue weighted by atomic mass is 9.87. The quantitative estimate of drug-likeness (QED) is 0.744. The Morgan fingerprint density at radius 2 is 1.67 bits per heavy atom. The van der Waals surface area contributed by atoms with Crippen LogP contribution in [0.5, 0.6) is 0 Å². The average molecular weight is 232 g/mol. The van der Waals surface area contributed by atoms with Crippen molar-refractivity contribution in [3.05, 3.63) is 0 Å². The SMILES string of the molecule is COP1C(C)(C)CC(C(=O)O)CC1(C)C. The molecule has 1 fully saturated rings. The summed E-state index contributed by atoms with van der Waals surface area (Å²) in [6.45, 7) is 8.50. The highest BCUT2D eigenvalue weighted by molar-refractivity contribution is 7.56. The molecule has 0 radical (unpaired) electrons. The number of hydrogen-bond acceptors (Lipinski definition) is 2. The van der Waals surface area contributed by atoms with Crippen LogP contribution in [0.25, 0.3) is 0 Å². The summed E-state index contributed by atoms with van der Waals surface area (Å²) in [7, 11) is 1.18. The summed E-state index contributed by atoms with van der Waals surface area (Å²) < 4.78 is 5.62. The molecular weight excluding hydrogens is 211 g/mol. The van der Waals surface area contributed by atoms with E-state index in [1.165, 1.54) is 0 Å². The summed E-state index contributed by atoms with van der Waals surface area (Å²) >= 11 is 0. The molecule has 1 aliphatic rings. The van der Waals surface area contributed by atoms with E-state index in [2.05, 4.69) is 27.7 Å². The Balaban J connectivity index is 2.95. The topological polar surface area (TPSA) is 46.5 Å². The summed E-state index contributed by atoms with van der Waals surface area (Å²) in [4.78, 5) is 11.1. The second-order valence-electron chi connectivity index (χ2n) is 5.55. The highest BCUT2D eigenvalue weighted by atomic mass is 31.1. The van der Waals surface area contributed by atoms with Gasteiger partial charge in [-0.05, 0) is 12.8 Å². The van der Waals surface area contributed by atoms with Crippen LogP contribution in [-0.2, 0) is 9.32 Å². The fraction of sp³-hybridized carbons (Fsp3) is 0.909. The third-order valence-corrected chi connectivity index (χ3v) is 6.05. The predicted octanol–water partition coefficient (Wildman–Crippen LogP) is 3.08. The first-order chi connectivity index (χ1) is 6.70. The third kappa shape index (κ3) is 2.51. The summed E-state index contributed by atoms with van der Waals surface area (Å²) in [5.41, 5.74) is 0. The van der Waals surface area contributed by atoms with Gasteiger partial charge in [-0.25, -0.2) is 0 Å². The normalized spacial score (nSPS) is 33.7. The first kappa shape index (κ1) is 12.9. The molecule has 0 aromatic heterocycles. The van der Waals surface area contributed by atoms with E-state index < -0.39 is 14.1 Å². The Morgan fingerprint density at radius 1 is 1.27 bits per heavy atom. The Bertz CT molecular complexity index is 243. The van der Waals surface area contributed by atoms with E-state index in [1.807, 2.05) is 0 Å². The largest absolute Gasteiger partial charge is 0.481 e. The molecule has 88 valence electrons. The van der Waals surface area contributed by atoms with Gasteiger partial charge in [-0.2, -0.15) is 0 Å². The van der Waals surface area contributed by atoms with E-state index >= 15 is 0 Å². The molecule has 1 rings (SSSR count). The molecule has 0 saturated carbocycles. The van der Waals surface area contributed by atoms with Crippen molar-refractivity contribution in [2.75, 3.05) is 7.11 Å². The van der Waals surface area contributed by atoms with Gasteiger partial charge in [0.1, 0.15) is 0 Å². The zero-order valence-electron chi connectivity index (χ0n) is 10.2. The summed E-state index contributed by atoms with van der Waals surface area (Å²) in [5.74, 6) is -0.884. The molecule has 0 bridgehead atoms. The van der Waals surface area contributed by atoms with E-state index in [0.29, 0.717) is 0 Å². The third-order valence-electron chi connectivity index (χ3n) is 3.12. The number of carboxylic acid groups (broad SMARTS) is 1. The molecule has 1 N–H and O–H groups in total. The fourth-order valence-electron chi connectivity index (χ4n) is 2.93. The number of hydrogen-bond donors (Lipinski definition) is 1. The van der Waals surface area contributed by atoms with Crippen molar-refractivity contribution in [3.8, 4) is 0 Å². The van der Waals surface area contributed by atoms with Crippen molar-refractivity contribution in [1.29, 1.82) is 0 Å². The molecule has 0 aromatic rings. The van der Waals surface area contributed by atoms with Crippen molar-refractivity contribution < 1.29 is 14.4 Å².